The molecule has 0 atom stereocenters. The molecule has 0 heterocycles. The molecule has 1 aromatic carbocycles. The lowest BCUT2D eigenvalue weighted by molar-refractivity contribution is 0.320. The van der Waals surface area contributed by atoms with Crippen molar-refractivity contribution >= 4 is 11.6 Å². The van der Waals surface area contributed by atoms with Crippen LogP contribution < -0.4 is 10.1 Å². The summed E-state index contributed by atoms with van der Waals surface area (Å²) in [6, 6.07) is 6.27. The van der Waals surface area contributed by atoms with Crippen molar-refractivity contribution in [1.29, 1.82) is 0 Å². The van der Waals surface area contributed by atoms with Crippen LogP contribution in [0.1, 0.15) is 25.8 Å². The molecule has 0 unspecified atom stereocenters. The van der Waals surface area contributed by atoms with Crippen molar-refractivity contribution in [3.05, 3.63) is 41.4 Å². The zero-order valence-electron chi connectivity index (χ0n) is 10.5. The van der Waals surface area contributed by atoms with Crippen molar-refractivity contribution in [2.75, 3.05) is 6.61 Å². The van der Waals surface area contributed by atoms with Crippen molar-refractivity contribution in [3.63, 3.8) is 0 Å². The van der Waals surface area contributed by atoms with Gasteiger partial charge >= 0.3 is 0 Å². The normalized spacial score (nSPS) is 10.6. The Hall–Kier alpha value is -0.990. The first kappa shape index (κ1) is 14.1. The molecule has 0 aromatic heterocycles. The van der Waals surface area contributed by atoms with Gasteiger partial charge in [-0.25, -0.2) is 0 Å². The van der Waals surface area contributed by atoms with Crippen molar-refractivity contribution in [1.82, 2.24) is 5.32 Å². The fraction of sp³-hybridized carbons (Fsp3) is 0.429. The lowest BCUT2D eigenvalue weighted by Gasteiger charge is -2.14. The minimum Gasteiger partial charge on any atom is -0.491 e. The molecule has 3 heteroatoms. The molecular formula is C14H20ClNO. The molecule has 1 rings (SSSR count). The van der Waals surface area contributed by atoms with E-state index in [0.29, 0.717) is 17.7 Å². The van der Waals surface area contributed by atoms with Crippen LogP contribution in [-0.4, -0.2) is 12.6 Å². The first-order chi connectivity index (χ1) is 8.15. The average Bonchev–Trinajstić information content (AvgIpc) is 2.29. The number of nitrogens with one attached hydrogen (secondary N) is 1. The first-order valence-corrected chi connectivity index (χ1v) is 6.27. The van der Waals surface area contributed by atoms with E-state index in [4.69, 9.17) is 16.3 Å². The monoisotopic (exact) mass is 253 g/mol. The highest BCUT2D eigenvalue weighted by atomic mass is 35.5. The van der Waals surface area contributed by atoms with Crippen molar-refractivity contribution in [2.45, 2.75) is 32.9 Å². The molecule has 1 N–H and O–H groups in total. The van der Waals surface area contributed by atoms with Gasteiger partial charge in [0.05, 0.1) is 11.6 Å². The van der Waals surface area contributed by atoms with Gasteiger partial charge in [-0.3, -0.25) is 0 Å². The largest absolute Gasteiger partial charge is 0.491 e. The summed E-state index contributed by atoms with van der Waals surface area (Å²) >= 11 is 6.15. The Kier molecular flexibility index (Phi) is 6.09. The molecule has 0 radical (unpaired) electrons. The van der Waals surface area contributed by atoms with E-state index in [9.17, 15) is 0 Å². The highest BCUT2D eigenvalue weighted by molar-refractivity contribution is 6.32. The maximum Gasteiger partial charge on any atom is 0.142 e. The average molecular weight is 254 g/mol. The quantitative estimate of drug-likeness (QED) is 0.590. The number of rotatable bonds is 7. The van der Waals surface area contributed by atoms with Crippen LogP contribution in [0.25, 0.3) is 0 Å². The summed E-state index contributed by atoms with van der Waals surface area (Å²) < 4.78 is 5.70. The second-order valence-electron chi connectivity index (χ2n) is 4.19. The standard InChI is InChI=1S/C14H20ClNO/c1-4-5-9-17-14-12(10-16-11(2)3)7-6-8-13(14)15/h4,6-8,11,16H,1,5,9-10H2,2-3H3. The predicted molar refractivity (Wildman–Crippen MR) is 73.7 cm³/mol. The second kappa shape index (κ2) is 7.36. The third-order valence-electron chi connectivity index (χ3n) is 2.32. The van der Waals surface area contributed by atoms with E-state index in [2.05, 4.69) is 25.7 Å². The lowest BCUT2D eigenvalue weighted by Crippen LogP contribution is -2.22. The molecule has 0 aliphatic carbocycles. The summed E-state index contributed by atoms with van der Waals surface area (Å²) in [5, 5.41) is 4.02. The number of benzene rings is 1. The van der Waals surface area contributed by atoms with Gasteiger partial charge in [0.25, 0.3) is 0 Å². The molecule has 0 bridgehead atoms. The zero-order chi connectivity index (χ0) is 12.7. The summed E-state index contributed by atoms with van der Waals surface area (Å²) in [7, 11) is 0. The van der Waals surface area contributed by atoms with Gasteiger partial charge in [0.2, 0.25) is 0 Å². The molecule has 94 valence electrons. The summed E-state index contributed by atoms with van der Waals surface area (Å²) in [4.78, 5) is 0. The molecule has 0 aliphatic heterocycles. The third-order valence-corrected chi connectivity index (χ3v) is 2.62. The SMILES string of the molecule is C=CCCOc1c(Cl)cccc1CNC(C)C. The van der Waals surface area contributed by atoms with Gasteiger partial charge in [-0.15, -0.1) is 6.58 Å². The van der Waals surface area contributed by atoms with Gasteiger partial charge in [-0.2, -0.15) is 0 Å². The highest BCUT2D eigenvalue weighted by Gasteiger charge is 2.08. The molecular weight excluding hydrogens is 234 g/mol. The first-order valence-electron chi connectivity index (χ1n) is 5.89. The van der Waals surface area contributed by atoms with Crippen LogP contribution in [-0.2, 0) is 6.54 Å². The topological polar surface area (TPSA) is 21.3 Å². The van der Waals surface area contributed by atoms with E-state index in [0.717, 1.165) is 24.3 Å². The van der Waals surface area contributed by atoms with Crippen LogP contribution in [0.5, 0.6) is 5.75 Å². The van der Waals surface area contributed by atoms with Gasteiger partial charge < -0.3 is 10.1 Å². The second-order valence-corrected chi connectivity index (χ2v) is 4.60. The minimum atomic E-state index is 0.440. The molecule has 17 heavy (non-hydrogen) atoms. The molecule has 0 aliphatic rings. The third kappa shape index (κ3) is 4.80. The van der Waals surface area contributed by atoms with Crippen LogP contribution >= 0.6 is 11.6 Å². The molecule has 0 fully saturated rings. The van der Waals surface area contributed by atoms with Gasteiger partial charge in [0, 0.05) is 18.2 Å². The van der Waals surface area contributed by atoms with Crippen LogP contribution in [0.15, 0.2) is 30.9 Å². The van der Waals surface area contributed by atoms with Crippen LogP contribution in [0, 0.1) is 0 Å². The number of hydrogen-bond donors (Lipinski definition) is 1. The Morgan fingerprint density at radius 1 is 1.47 bits per heavy atom. The van der Waals surface area contributed by atoms with Crippen LogP contribution in [0.3, 0.4) is 0 Å². The molecule has 2 nitrogen and oxygen atoms in total. The zero-order valence-corrected chi connectivity index (χ0v) is 11.3. The van der Waals surface area contributed by atoms with Gasteiger partial charge in [0.1, 0.15) is 5.75 Å². The maximum absolute atomic E-state index is 6.15. The van der Waals surface area contributed by atoms with E-state index in [1.165, 1.54) is 0 Å². The summed E-state index contributed by atoms with van der Waals surface area (Å²) in [5.41, 5.74) is 1.09. The molecule has 0 spiro atoms. The molecule has 0 saturated heterocycles. The van der Waals surface area contributed by atoms with Crippen molar-refractivity contribution < 1.29 is 4.74 Å². The predicted octanol–water partition coefficient (Wildman–Crippen LogP) is 3.79. The van der Waals surface area contributed by atoms with Gasteiger partial charge in [-0.1, -0.05) is 43.7 Å². The Morgan fingerprint density at radius 3 is 2.88 bits per heavy atom. The summed E-state index contributed by atoms with van der Waals surface area (Å²) in [6.07, 6.45) is 2.66. The molecule has 0 saturated carbocycles. The van der Waals surface area contributed by atoms with E-state index in [-0.39, 0.29) is 0 Å². The number of hydrogen-bond acceptors (Lipinski definition) is 2. The fourth-order valence-electron chi connectivity index (χ4n) is 1.41. The van der Waals surface area contributed by atoms with Crippen LogP contribution in [0.4, 0.5) is 0 Å². The minimum absolute atomic E-state index is 0.440. The van der Waals surface area contributed by atoms with Crippen LogP contribution in [0.2, 0.25) is 5.02 Å². The Balaban J connectivity index is 2.72. The fourth-order valence-corrected chi connectivity index (χ4v) is 1.66. The number of halogens is 1. The van der Waals surface area contributed by atoms with Crippen molar-refractivity contribution in [2.24, 2.45) is 0 Å². The highest BCUT2D eigenvalue weighted by Crippen LogP contribution is 2.28. The van der Waals surface area contributed by atoms with E-state index < -0.39 is 0 Å². The van der Waals surface area contributed by atoms with Crippen molar-refractivity contribution in [3.8, 4) is 5.75 Å². The Labute approximate surface area is 109 Å². The maximum atomic E-state index is 6.15. The van der Waals surface area contributed by atoms with Gasteiger partial charge in [-0.05, 0) is 12.5 Å². The number of ether oxygens (including phenoxy) is 1. The molecule has 1 aromatic rings. The Bertz CT molecular complexity index is 363. The molecule has 0 amide bonds. The van der Waals surface area contributed by atoms with Gasteiger partial charge in [0.15, 0.2) is 0 Å². The lowest BCUT2D eigenvalue weighted by atomic mass is 10.2. The summed E-state index contributed by atoms with van der Waals surface area (Å²) in [5.74, 6) is 0.782. The summed E-state index contributed by atoms with van der Waals surface area (Å²) in [6.45, 7) is 9.28. The van der Waals surface area contributed by atoms with E-state index in [1.807, 2.05) is 24.3 Å². The smallest absolute Gasteiger partial charge is 0.142 e. The number of para-hydroxylation sites is 1. The Morgan fingerprint density at radius 2 is 2.24 bits per heavy atom. The van der Waals surface area contributed by atoms with E-state index in [1.54, 1.807) is 0 Å². The van der Waals surface area contributed by atoms with E-state index >= 15 is 0 Å².